The van der Waals surface area contributed by atoms with Crippen LogP contribution in [0.3, 0.4) is 0 Å². The number of aryl methyl sites for hydroxylation is 2. The Morgan fingerprint density at radius 3 is 2.24 bits per heavy atom. The van der Waals surface area contributed by atoms with Gasteiger partial charge in [-0.1, -0.05) is 12.1 Å². The maximum Gasteiger partial charge on any atom is 0.260 e. The first-order valence-electron chi connectivity index (χ1n) is 7.62. The fourth-order valence-corrected chi connectivity index (χ4v) is 4.49. The molecule has 0 aliphatic carbocycles. The lowest BCUT2D eigenvalue weighted by atomic mass is 10.1. The van der Waals surface area contributed by atoms with Crippen molar-refractivity contribution in [3.63, 3.8) is 0 Å². The molecule has 0 aliphatic rings. The van der Waals surface area contributed by atoms with Gasteiger partial charge in [-0.15, -0.1) is 0 Å². The SMILES string of the molecule is Cc1oc(C)c(C(=O)Nc2ccccc2S(=O)(=O)NC(C)(C)C)c1Br. The first kappa shape index (κ1) is 19.7. The Hall–Kier alpha value is -1.64. The summed E-state index contributed by atoms with van der Waals surface area (Å²) in [5, 5.41) is 2.67. The standard InChI is InChI=1S/C17H21BrN2O4S/c1-10-14(15(18)11(2)24-10)16(21)19-12-8-6-7-9-13(12)25(22,23)20-17(3,4)5/h6-9,20H,1-5H3,(H,19,21). The summed E-state index contributed by atoms with van der Waals surface area (Å²) in [4.78, 5) is 12.6. The van der Waals surface area contributed by atoms with Crippen LogP contribution in [0.5, 0.6) is 0 Å². The Bertz CT molecular complexity index is 911. The zero-order chi connectivity index (χ0) is 19.0. The van der Waals surface area contributed by atoms with Crippen LogP contribution >= 0.6 is 15.9 Å². The van der Waals surface area contributed by atoms with Gasteiger partial charge in [0.2, 0.25) is 10.0 Å². The highest BCUT2D eigenvalue weighted by Crippen LogP contribution is 2.29. The van der Waals surface area contributed by atoms with Crippen molar-refractivity contribution >= 4 is 37.5 Å². The van der Waals surface area contributed by atoms with Crippen LogP contribution < -0.4 is 10.0 Å². The largest absolute Gasteiger partial charge is 0.465 e. The molecule has 25 heavy (non-hydrogen) atoms. The van der Waals surface area contributed by atoms with E-state index in [2.05, 4.69) is 26.0 Å². The van der Waals surface area contributed by atoms with Crippen molar-refractivity contribution in [3.8, 4) is 0 Å². The lowest BCUT2D eigenvalue weighted by Gasteiger charge is -2.21. The molecular weight excluding hydrogens is 408 g/mol. The maximum absolute atomic E-state index is 12.6. The molecule has 8 heteroatoms. The number of anilines is 1. The molecule has 2 N–H and O–H groups in total. The molecule has 2 rings (SSSR count). The highest BCUT2D eigenvalue weighted by atomic mass is 79.9. The van der Waals surface area contributed by atoms with E-state index < -0.39 is 21.5 Å². The van der Waals surface area contributed by atoms with Gasteiger partial charge in [0.25, 0.3) is 5.91 Å². The molecule has 0 fully saturated rings. The number of hydrogen-bond donors (Lipinski definition) is 2. The van der Waals surface area contributed by atoms with Gasteiger partial charge in [0.15, 0.2) is 0 Å². The van der Waals surface area contributed by atoms with E-state index in [-0.39, 0.29) is 10.6 Å². The number of carbonyl (C=O) groups is 1. The first-order chi connectivity index (χ1) is 11.4. The van der Waals surface area contributed by atoms with E-state index in [1.165, 1.54) is 6.07 Å². The fraction of sp³-hybridized carbons (Fsp3) is 0.353. The van der Waals surface area contributed by atoms with E-state index in [9.17, 15) is 13.2 Å². The highest BCUT2D eigenvalue weighted by molar-refractivity contribution is 9.10. The summed E-state index contributed by atoms with van der Waals surface area (Å²) < 4.78 is 33.8. The van der Waals surface area contributed by atoms with Gasteiger partial charge in [-0.25, -0.2) is 13.1 Å². The Morgan fingerprint density at radius 2 is 1.72 bits per heavy atom. The van der Waals surface area contributed by atoms with Crippen molar-refractivity contribution < 1.29 is 17.6 Å². The molecule has 1 amide bonds. The molecule has 136 valence electrons. The highest BCUT2D eigenvalue weighted by Gasteiger charge is 2.26. The molecule has 2 aromatic rings. The van der Waals surface area contributed by atoms with Gasteiger partial charge in [0, 0.05) is 5.54 Å². The molecule has 0 unspecified atom stereocenters. The Balaban J connectivity index is 2.41. The van der Waals surface area contributed by atoms with Gasteiger partial charge in [-0.05, 0) is 62.7 Å². The third-order valence-corrected chi connectivity index (χ3v) is 6.05. The molecule has 1 aromatic carbocycles. The van der Waals surface area contributed by atoms with Gasteiger partial charge in [0.05, 0.1) is 15.7 Å². The maximum atomic E-state index is 12.6. The summed E-state index contributed by atoms with van der Waals surface area (Å²) in [5.41, 5.74) is -0.0973. The van der Waals surface area contributed by atoms with Crippen molar-refractivity contribution in [2.75, 3.05) is 5.32 Å². The molecule has 1 aromatic heterocycles. The average Bonchev–Trinajstić information content (AvgIpc) is 2.69. The van der Waals surface area contributed by atoms with Gasteiger partial charge >= 0.3 is 0 Å². The fourth-order valence-electron chi connectivity index (χ4n) is 2.36. The number of para-hydroxylation sites is 1. The molecule has 6 nitrogen and oxygen atoms in total. The minimum atomic E-state index is -3.79. The van der Waals surface area contributed by atoms with E-state index >= 15 is 0 Å². The number of furan rings is 1. The molecule has 0 saturated carbocycles. The topological polar surface area (TPSA) is 88.4 Å². The van der Waals surface area contributed by atoms with Crippen molar-refractivity contribution in [1.82, 2.24) is 4.72 Å². The van der Waals surface area contributed by atoms with Crippen LogP contribution in [0.15, 0.2) is 38.1 Å². The molecule has 0 radical (unpaired) electrons. The predicted molar refractivity (Wildman–Crippen MR) is 100 cm³/mol. The smallest absolute Gasteiger partial charge is 0.260 e. The summed E-state index contributed by atoms with van der Waals surface area (Å²) in [7, 11) is -3.79. The van der Waals surface area contributed by atoms with Gasteiger partial charge in [0.1, 0.15) is 16.4 Å². The molecule has 1 heterocycles. The molecule has 0 aliphatic heterocycles. The van der Waals surface area contributed by atoms with E-state index in [1.54, 1.807) is 52.8 Å². The minimum absolute atomic E-state index is 0.00673. The summed E-state index contributed by atoms with van der Waals surface area (Å²) >= 11 is 3.33. The summed E-state index contributed by atoms with van der Waals surface area (Å²) in [6, 6.07) is 6.27. The van der Waals surface area contributed by atoms with Crippen LogP contribution in [-0.4, -0.2) is 19.9 Å². The summed E-state index contributed by atoms with van der Waals surface area (Å²) in [5.74, 6) is 0.590. The Morgan fingerprint density at radius 1 is 1.12 bits per heavy atom. The van der Waals surface area contributed by atoms with E-state index in [0.29, 0.717) is 21.6 Å². The number of sulfonamides is 1. The predicted octanol–water partition coefficient (Wildman–Crippen LogP) is 3.99. The van der Waals surface area contributed by atoms with Crippen LogP contribution in [0.4, 0.5) is 5.69 Å². The average molecular weight is 429 g/mol. The normalized spacial score (nSPS) is 12.2. The van der Waals surface area contributed by atoms with Crippen molar-refractivity contribution in [1.29, 1.82) is 0 Å². The van der Waals surface area contributed by atoms with Gasteiger partial charge in [-0.2, -0.15) is 0 Å². The van der Waals surface area contributed by atoms with Gasteiger partial charge in [-0.3, -0.25) is 4.79 Å². The molecule has 0 atom stereocenters. The summed E-state index contributed by atoms with van der Waals surface area (Å²) in [6.45, 7) is 8.66. The molecule has 0 bridgehead atoms. The number of amides is 1. The van der Waals surface area contributed by atoms with Crippen LogP contribution in [0.2, 0.25) is 0 Å². The van der Waals surface area contributed by atoms with Crippen molar-refractivity contribution in [3.05, 3.63) is 45.8 Å². The third kappa shape index (κ3) is 4.50. The van der Waals surface area contributed by atoms with Gasteiger partial charge < -0.3 is 9.73 Å². The second-order valence-electron chi connectivity index (χ2n) is 6.71. The quantitative estimate of drug-likeness (QED) is 0.770. The number of carbonyl (C=O) groups excluding carboxylic acids is 1. The van der Waals surface area contributed by atoms with Crippen LogP contribution in [-0.2, 0) is 10.0 Å². The Labute approximate surface area is 156 Å². The van der Waals surface area contributed by atoms with Crippen molar-refractivity contribution in [2.45, 2.75) is 45.1 Å². The first-order valence-corrected chi connectivity index (χ1v) is 9.90. The monoisotopic (exact) mass is 428 g/mol. The molecule has 0 spiro atoms. The number of nitrogens with one attached hydrogen (secondary N) is 2. The zero-order valence-corrected chi connectivity index (χ0v) is 17.1. The molecule has 0 saturated heterocycles. The van der Waals surface area contributed by atoms with E-state index in [0.717, 1.165) is 0 Å². The second-order valence-corrected chi connectivity index (χ2v) is 9.15. The van der Waals surface area contributed by atoms with E-state index in [4.69, 9.17) is 4.42 Å². The second kappa shape index (κ2) is 6.93. The Kier molecular flexibility index (Phi) is 5.46. The molecular formula is C17H21BrN2O4S. The van der Waals surface area contributed by atoms with Crippen LogP contribution in [0.1, 0.15) is 42.6 Å². The number of rotatable bonds is 4. The zero-order valence-electron chi connectivity index (χ0n) is 14.7. The number of benzene rings is 1. The van der Waals surface area contributed by atoms with E-state index in [1.807, 2.05) is 0 Å². The number of hydrogen-bond acceptors (Lipinski definition) is 4. The van der Waals surface area contributed by atoms with Crippen LogP contribution in [0, 0.1) is 13.8 Å². The number of halogens is 1. The minimum Gasteiger partial charge on any atom is -0.465 e. The summed E-state index contributed by atoms with van der Waals surface area (Å²) in [6.07, 6.45) is 0. The van der Waals surface area contributed by atoms with Crippen LogP contribution in [0.25, 0.3) is 0 Å². The third-order valence-electron chi connectivity index (χ3n) is 3.28. The lowest BCUT2D eigenvalue weighted by Crippen LogP contribution is -2.40. The van der Waals surface area contributed by atoms with Crippen molar-refractivity contribution in [2.24, 2.45) is 0 Å². The lowest BCUT2D eigenvalue weighted by molar-refractivity contribution is 0.102.